The SMILES string of the molecule is CC1=NC2CNCC2N1C. The summed E-state index contributed by atoms with van der Waals surface area (Å²) in [5.74, 6) is 1.19. The first kappa shape index (κ1) is 6.16. The zero-order chi connectivity index (χ0) is 7.14. The summed E-state index contributed by atoms with van der Waals surface area (Å²) < 4.78 is 0. The molecule has 0 spiro atoms. The van der Waals surface area contributed by atoms with Crippen molar-refractivity contribution in [1.29, 1.82) is 0 Å². The zero-order valence-corrected chi connectivity index (χ0v) is 6.46. The number of amidine groups is 1. The molecule has 0 amide bonds. The molecule has 0 aromatic heterocycles. The third-order valence-electron chi connectivity index (χ3n) is 2.51. The fourth-order valence-corrected chi connectivity index (χ4v) is 1.75. The Bertz CT molecular complexity index is 176. The number of hydrogen-bond acceptors (Lipinski definition) is 3. The summed E-state index contributed by atoms with van der Waals surface area (Å²) in [5.41, 5.74) is 0. The highest BCUT2D eigenvalue weighted by Gasteiger charge is 2.35. The lowest BCUT2D eigenvalue weighted by Gasteiger charge is -2.19. The Hall–Kier alpha value is -0.570. The van der Waals surface area contributed by atoms with Gasteiger partial charge in [0.25, 0.3) is 0 Å². The summed E-state index contributed by atoms with van der Waals surface area (Å²) in [6.45, 7) is 4.24. The fourth-order valence-electron chi connectivity index (χ4n) is 1.75. The molecule has 2 aliphatic rings. The minimum Gasteiger partial charge on any atom is -0.357 e. The van der Waals surface area contributed by atoms with Gasteiger partial charge in [-0.1, -0.05) is 0 Å². The molecule has 0 bridgehead atoms. The molecule has 2 atom stereocenters. The predicted molar refractivity (Wildman–Crippen MR) is 41.3 cm³/mol. The van der Waals surface area contributed by atoms with Gasteiger partial charge in [0.15, 0.2) is 0 Å². The Morgan fingerprint density at radius 2 is 2.40 bits per heavy atom. The molecule has 3 nitrogen and oxygen atoms in total. The van der Waals surface area contributed by atoms with Crippen molar-refractivity contribution < 1.29 is 0 Å². The second-order valence-corrected chi connectivity index (χ2v) is 3.08. The Kier molecular flexibility index (Phi) is 1.20. The van der Waals surface area contributed by atoms with E-state index in [4.69, 9.17) is 0 Å². The average molecular weight is 139 g/mol. The van der Waals surface area contributed by atoms with E-state index >= 15 is 0 Å². The van der Waals surface area contributed by atoms with E-state index in [1.165, 1.54) is 5.84 Å². The van der Waals surface area contributed by atoms with Crippen LogP contribution in [0, 0.1) is 0 Å². The monoisotopic (exact) mass is 139 g/mol. The van der Waals surface area contributed by atoms with Gasteiger partial charge in [-0.05, 0) is 6.92 Å². The molecule has 0 aromatic rings. The molecular weight excluding hydrogens is 126 g/mol. The number of fused-ring (bicyclic) bond motifs is 1. The molecule has 0 radical (unpaired) electrons. The van der Waals surface area contributed by atoms with Gasteiger partial charge in [-0.15, -0.1) is 0 Å². The van der Waals surface area contributed by atoms with Crippen LogP contribution in [0.1, 0.15) is 6.92 Å². The Labute approximate surface area is 61.1 Å². The van der Waals surface area contributed by atoms with Crippen LogP contribution in [-0.2, 0) is 0 Å². The van der Waals surface area contributed by atoms with Gasteiger partial charge in [0, 0.05) is 20.1 Å². The van der Waals surface area contributed by atoms with Gasteiger partial charge in [-0.3, -0.25) is 4.99 Å². The van der Waals surface area contributed by atoms with Crippen LogP contribution in [0.4, 0.5) is 0 Å². The quantitative estimate of drug-likeness (QED) is 0.498. The maximum atomic E-state index is 4.51. The lowest BCUT2D eigenvalue weighted by molar-refractivity contribution is 0.398. The predicted octanol–water partition coefficient (Wildman–Crippen LogP) is -0.309. The van der Waals surface area contributed by atoms with Crippen LogP contribution in [0.5, 0.6) is 0 Å². The minimum absolute atomic E-state index is 0.532. The van der Waals surface area contributed by atoms with Crippen LogP contribution in [0.15, 0.2) is 4.99 Å². The molecule has 1 saturated heterocycles. The topological polar surface area (TPSA) is 27.6 Å². The summed E-state index contributed by atoms with van der Waals surface area (Å²) in [7, 11) is 2.12. The van der Waals surface area contributed by atoms with E-state index in [1.807, 2.05) is 0 Å². The highest BCUT2D eigenvalue weighted by molar-refractivity contribution is 5.82. The Balaban J connectivity index is 2.20. The van der Waals surface area contributed by atoms with Crippen molar-refractivity contribution in [3.63, 3.8) is 0 Å². The van der Waals surface area contributed by atoms with Crippen LogP contribution >= 0.6 is 0 Å². The zero-order valence-electron chi connectivity index (χ0n) is 6.46. The van der Waals surface area contributed by atoms with Crippen LogP contribution in [0.3, 0.4) is 0 Å². The van der Waals surface area contributed by atoms with Gasteiger partial charge >= 0.3 is 0 Å². The van der Waals surface area contributed by atoms with Crippen molar-refractivity contribution in [1.82, 2.24) is 10.2 Å². The Morgan fingerprint density at radius 1 is 1.60 bits per heavy atom. The third-order valence-corrected chi connectivity index (χ3v) is 2.51. The average Bonchev–Trinajstić information content (AvgIpc) is 2.41. The molecular formula is C7H13N3. The maximum Gasteiger partial charge on any atom is 0.0963 e. The van der Waals surface area contributed by atoms with Crippen LogP contribution < -0.4 is 5.32 Å². The van der Waals surface area contributed by atoms with Gasteiger partial charge in [0.2, 0.25) is 0 Å². The number of hydrogen-bond donors (Lipinski definition) is 1. The summed E-state index contributed by atoms with van der Waals surface area (Å²) in [6, 6.07) is 1.17. The molecule has 1 N–H and O–H groups in total. The largest absolute Gasteiger partial charge is 0.357 e. The van der Waals surface area contributed by atoms with Crippen molar-refractivity contribution >= 4 is 5.84 Å². The maximum absolute atomic E-state index is 4.51. The molecule has 0 saturated carbocycles. The lowest BCUT2D eigenvalue weighted by atomic mass is 10.2. The van der Waals surface area contributed by atoms with E-state index in [9.17, 15) is 0 Å². The first-order chi connectivity index (χ1) is 4.79. The van der Waals surface area contributed by atoms with E-state index in [2.05, 4.69) is 29.2 Å². The second kappa shape index (κ2) is 1.95. The molecule has 3 heteroatoms. The summed E-state index contributed by atoms with van der Waals surface area (Å²) in [4.78, 5) is 6.78. The first-order valence-corrected chi connectivity index (χ1v) is 3.77. The van der Waals surface area contributed by atoms with Crippen LogP contribution in [0.2, 0.25) is 0 Å². The molecule has 2 heterocycles. The van der Waals surface area contributed by atoms with Crippen molar-refractivity contribution in [2.75, 3.05) is 20.1 Å². The van der Waals surface area contributed by atoms with E-state index in [0.29, 0.717) is 12.1 Å². The molecule has 0 aliphatic carbocycles. The number of likely N-dealkylation sites (N-methyl/N-ethyl adjacent to an activating group) is 1. The number of rotatable bonds is 0. The number of nitrogens with one attached hydrogen (secondary N) is 1. The minimum atomic E-state index is 0.532. The molecule has 56 valence electrons. The normalized spacial score (nSPS) is 38.2. The number of aliphatic imine (C=N–C) groups is 1. The highest BCUT2D eigenvalue weighted by Crippen LogP contribution is 2.18. The molecule has 2 unspecified atom stereocenters. The van der Waals surface area contributed by atoms with Gasteiger partial charge < -0.3 is 10.2 Å². The van der Waals surface area contributed by atoms with Crippen molar-refractivity contribution in [3.05, 3.63) is 0 Å². The first-order valence-electron chi connectivity index (χ1n) is 3.77. The third kappa shape index (κ3) is 0.669. The summed E-state index contributed by atoms with van der Waals surface area (Å²) in [5, 5.41) is 3.33. The van der Waals surface area contributed by atoms with Gasteiger partial charge in [0.05, 0.1) is 17.9 Å². The molecule has 2 rings (SSSR count). The molecule has 10 heavy (non-hydrogen) atoms. The van der Waals surface area contributed by atoms with E-state index < -0.39 is 0 Å². The fraction of sp³-hybridized carbons (Fsp3) is 0.857. The van der Waals surface area contributed by atoms with Crippen LogP contribution in [0.25, 0.3) is 0 Å². The summed E-state index contributed by atoms with van der Waals surface area (Å²) in [6.07, 6.45) is 0. The standard InChI is InChI=1S/C7H13N3/c1-5-9-6-3-8-4-7(6)10(5)2/h6-8H,3-4H2,1-2H3. The van der Waals surface area contributed by atoms with Crippen molar-refractivity contribution in [3.8, 4) is 0 Å². The lowest BCUT2D eigenvalue weighted by Crippen LogP contribution is -2.35. The summed E-state index contributed by atoms with van der Waals surface area (Å²) >= 11 is 0. The van der Waals surface area contributed by atoms with Crippen molar-refractivity contribution in [2.24, 2.45) is 4.99 Å². The molecule has 2 aliphatic heterocycles. The smallest absolute Gasteiger partial charge is 0.0963 e. The Morgan fingerprint density at radius 3 is 3.10 bits per heavy atom. The van der Waals surface area contributed by atoms with E-state index in [0.717, 1.165) is 13.1 Å². The number of nitrogens with zero attached hydrogens (tertiary/aromatic N) is 2. The van der Waals surface area contributed by atoms with Crippen LogP contribution in [-0.4, -0.2) is 43.0 Å². The highest BCUT2D eigenvalue weighted by atomic mass is 15.3. The van der Waals surface area contributed by atoms with Crippen molar-refractivity contribution in [2.45, 2.75) is 19.0 Å². The van der Waals surface area contributed by atoms with Gasteiger partial charge in [0.1, 0.15) is 0 Å². The van der Waals surface area contributed by atoms with Gasteiger partial charge in [-0.2, -0.15) is 0 Å². The van der Waals surface area contributed by atoms with E-state index in [-0.39, 0.29) is 0 Å². The van der Waals surface area contributed by atoms with Gasteiger partial charge in [-0.25, -0.2) is 0 Å². The molecule has 1 fully saturated rings. The van der Waals surface area contributed by atoms with E-state index in [1.54, 1.807) is 0 Å². The molecule has 0 aromatic carbocycles. The second-order valence-electron chi connectivity index (χ2n) is 3.08.